The summed E-state index contributed by atoms with van der Waals surface area (Å²) < 4.78 is 32.8. The lowest BCUT2D eigenvalue weighted by Gasteiger charge is -2.17. The van der Waals surface area contributed by atoms with Crippen LogP contribution in [-0.2, 0) is 14.8 Å². The molecule has 8 nitrogen and oxygen atoms in total. The summed E-state index contributed by atoms with van der Waals surface area (Å²) in [6, 6.07) is 18.5. The van der Waals surface area contributed by atoms with E-state index in [9.17, 15) is 13.2 Å². The van der Waals surface area contributed by atoms with Crippen molar-refractivity contribution in [3.63, 3.8) is 0 Å². The molecule has 190 valence electrons. The summed E-state index contributed by atoms with van der Waals surface area (Å²) in [6.07, 6.45) is 1.39. The van der Waals surface area contributed by atoms with E-state index in [4.69, 9.17) is 9.72 Å². The van der Waals surface area contributed by atoms with Crippen LogP contribution in [0.15, 0.2) is 60.7 Å². The third kappa shape index (κ3) is 6.16. The average molecular weight is 529 g/mol. The van der Waals surface area contributed by atoms with Crippen LogP contribution in [0.3, 0.4) is 0 Å². The molecule has 0 saturated carbocycles. The molecule has 3 N–H and O–H groups in total. The van der Waals surface area contributed by atoms with E-state index in [-0.39, 0.29) is 24.1 Å². The molecule has 0 spiro atoms. The van der Waals surface area contributed by atoms with Gasteiger partial charge in [0.2, 0.25) is 15.9 Å². The molecule has 0 aliphatic heterocycles. The van der Waals surface area contributed by atoms with Gasteiger partial charge < -0.3 is 15.4 Å². The SMILES string of the molecule is CCCCS(=O)(=O)Nc1ccc(Nc2c3ccccc3nc3cc(NC(C)=O)ccc23)c(OC)c1.Cl. The number of fused-ring (bicyclic) bond motifs is 2. The molecule has 0 aliphatic rings. The zero-order chi connectivity index (χ0) is 25.0. The van der Waals surface area contributed by atoms with E-state index < -0.39 is 10.0 Å². The lowest BCUT2D eigenvalue weighted by atomic mass is 10.1. The summed E-state index contributed by atoms with van der Waals surface area (Å²) >= 11 is 0. The van der Waals surface area contributed by atoms with E-state index in [1.807, 2.05) is 49.4 Å². The van der Waals surface area contributed by atoms with E-state index in [1.54, 1.807) is 25.3 Å². The molecule has 0 bridgehead atoms. The second-order valence-corrected chi connectivity index (χ2v) is 10.1. The molecule has 0 aliphatic carbocycles. The Morgan fingerprint density at radius 3 is 2.42 bits per heavy atom. The molecular formula is C26H29ClN4O4S. The fourth-order valence-corrected chi connectivity index (χ4v) is 5.12. The lowest BCUT2D eigenvalue weighted by Crippen LogP contribution is -2.16. The average Bonchev–Trinajstić information content (AvgIpc) is 2.82. The molecule has 1 amide bonds. The van der Waals surface area contributed by atoms with Gasteiger partial charge in [-0.15, -0.1) is 12.4 Å². The number of ether oxygens (including phenoxy) is 1. The number of methoxy groups -OCH3 is 1. The molecule has 4 aromatic rings. The van der Waals surface area contributed by atoms with Crippen LogP contribution in [0.4, 0.5) is 22.7 Å². The molecule has 3 aromatic carbocycles. The monoisotopic (exact) mass is 528 g/mol. The number of carbonyl (C=O) groups is 1. The fourth-order valence-electron chi connectivity index (χ4n) is 3.87. The Morgan fingerprint density at radius 1 is 0.972 bits per heavy atom. The summed E-state index contributed by atoms with van der Waals surface area (Å²) in [7, 11) is -1.89. The Hall–Kier alpha value is -3.56. The summed E-state index contributed by atoms with van der Waals surface area (Å²) in [4.78, 5) is 16.3. The number of para-hydroxylation sites is 1. The van der Waals surface area contributed by atoms with E-state index in [0.717, 1.165) is 33.9 Å². The van der Waals surface area contributed by atoms with E-state index in [1.165, 1.54) is 6.92 Å². The molecule has 0 atom stereocenters. The van der Waals surface area contributed by atoms with Crippen molar-refractivity contribution >= 4 is 72.9 Å². The van der Waals surface area contributed by atoms with Crippen LogP contribution >= 0.6 is 12.4 Å². The van der Waals surface area contributed by atoms with Crippen molar-refractivity contribution < 1.29 is 17.9 Å². The Kier molecular flexibility index (Phi) is 8.60. The molecule has 0 unspecified atom stereocenters. The number of hydrogen-bond donors (Lipinski definition) is 3. The first kappa shape index (κ1) is 27.0. The predicted molar refractivity (Wildman–Crippen MR) is 149 cm³/mol. The number of nitrogens with one attached hydrogen (secondary N) is 3. The summed E-state index contributed by atoms with van der Waals surface area (Å²) in [6.45, 7) is 3.41. The summed E-state index contributed by atoms with van der Waals surface area (Å²) in [5.41, 5.74) is 4.12. The van der Waals surface area contributed by atoms with Gasteiger partial charge in [-0.3, -0.25) is 9.52 Å². The Labute approximate surface area is 216 Å². The third-order valence-electron chi connectivity index (χ3n) is 5.50. The minimum atomic E-state index is -3.43. The first-order valence-corrected chi connectivity index (χ1v) is 13.0. The first-order chi connectivity index (χ1) is 16.8. The number of benzene rings is 3. The van der Waals surface area contributed by atoms with Crippen molar-refractivity contribution in [1.29, 1.82) is 0 Å². The fraction of sp³-hybridized carbons (Fsp3) is 0.231. The van der Waals surface area contributed by atoms with Gasteiger partial charge in [0.15, 0.2) is 0 Å². The maximum atomic E-state index is 12.3. The van der Waals surface area contributed by atoms with Crippen LogP contribution in [0, 0.1) is 0 Å². The van der Waals surface area contributed by atoms with Gasteiger partial charge >= 0.3 is 0 Å². The normalized spacial score (nSPS) is 11.1. The maximum Gasteiger partial charge on any atom is 0.232 e. The number of aromatic nitrogens is 1. The molecule has 0 radical (unpaired) electrons. The minimum Gasteiger partial charge on any atom is -0.494 e. The number of pyridine rings is 1. The lowest BCUT2D eigenvalue weighted by molar-refractivity contribution is -0.114. The number of carbonyl (C=O) groups excluding carboxylic acids is 1. The third-order valence-corrected chi connectivity index (χ3v) is 6.88. The standard InChI is InChI=1S/C26H28N4O4S.ClH/c1-4-5-14-35(32,33)30-19-11-13-23(25(16-19)34-3)29-26-20-8-6-7-9-22(20)28-24-15-18(27-17(2)31)10-12-21(24)26;/h6-13,15-16,30H,4-5,14H2,1-3H3,(H,27,31)(H,28,29);1H. The van der Waals surface area contributed by atoms with Crippen LogP contribution in [-0.4, -0.2) is 32.2 Å². The Morgan fingerprint density at radius 2 is 1.69 bits per heavy atom. The number of unbranched alkanes of at least 4 members (excludes halogenated alkanes) is 1. The van der Waals surface area contributed by atoms with Gasteiger partial charge in [-0.05, 0) is 42.8 Å². The van der Waals surface area contributed by atoms with Gasteiger partial charge in [0.25, 0.3) is 0 Å². The second-order valence-electron chi connectivity index (χ2n) is 8.23. The van der Waals surface area contributed by atoms with E-state index in [0.29, 0.717) is 29.2 Å². The summed E-state index contributed by atoms with van der Waals surface area (Å²) in [5, 5.41) is 8.04. The smallest absolute Gasteiger partial charge is 0.232 e. The van der Waals surface area contributed by atoms with Crippen molar-refractivity contribution in [3.05, 3.63) is 60.7 Å². The summed E-state index contributed by atoms with van der Waals surface area (Å²) in [5.74, 6) is 0.407. The number of rotatable bonds is 9. The van der Waals surface area contributed by atoms with Gasteiger partial charge in [-0.2, -0.15) is 0 Å². The van der Waals surface area contributed by atoms with Gasteiger partial charge in [-0.25, -0.2) is 13.4 Å². The van der Waals surface area contributed by atoms with Gasteiger partial charge in [0, 0.05) is 29.4 Å². The molecule has 0 saturated heterocycles. The quantitative estimate of drug-likeness (QED) is 0.228. The van der Waals surface area contributed by atoms with Crippen LogP contribution < -0.4 is 20.1 Å². The minimum absolute atomic E-state index is 0. The highest BCUT2D eigenvalue weighted by molar-refractivity contribution is 7.92. The molecular weight excluding hydrogens is 500 g/mol. The van der Waals surface area contributed by atoms with Crippen molar-refractivity contribution in [3.8, 4) is 5.75 Å². The van der Waals surface area contributed by atoms with Crippen molar-refractivity contribution in [2.24, 2.45) is 0 Å². The zero-order valence-electron chi connectivity index (χ0n) is 20.3. The first-order valence-electron chi connectivity index (χ1n) is 11.4. The van der Waals surface area contributed by atoms with Crippen LogP contribution in [0.2, 0.25) is 0 Å². The zero-order valence-corrected chi connectivity index (χ0v) is 21.9. The predicted octanol–water partition coefficient (Wildman–Crippen LogP) is 6.06. The highest BCUT2D eigenvalue weighted by Crippen LogP contribution is 2.37. The highest BCUT2D eigenvalue weighted by Gasteiger charge is 2.15. The number of nitrogens with zero attached hydrogens (tertiary/aromatic N) is 1. The number of halogens is 1. The molecule has 1 heterocycles. The molecule has 10 heteroatoms. The molecule has 1 aromatic heterocycles. The number of anilines is 4. The number of amides is 1. The van der Waals surface area contributed by atoms with Crippen molar-refractivity contribution in [2.45, 2.75) is 26.7 Å². The largest absolute Gasteiger partial charge is 0.494 e. The van der Waals surface area contributed by atoms with Crippen LogP contribution in [0.25, 0.3) is 21.8 Å². The maximum absolute atomic E-state index is 12.3. The topological polar surface area (TPSA) is 109 Å². The highest BCUT2D eigenvalue weighted by atomic mass is 35.5. The van der Waals surface area contributed by atoms with Crippen molar-refractivity contribution in [2.75, 3.05) is 28.2 Å². The molecule has 36 heavy (non-hydrogen) atoms. The molecule has 4 rings (SSSR count). The van der Waals surface area contributed by atoms with Crippen molar-refractivity contribution in [1.82, 2.24) is 4.98 Å². The van der Waals surface area contributed by atoms with E-state index >= 15 is 0 Å². The van der Waals surface area contributed by atoms with E-state index in [2.05, 4.69) is 15.4 Å². The number of sulfonamides is 1. The van der Waals surface area contributed by atoms with Gasteiger partial charge in [-0.1, -0.05) is 31.5 Å². The second kappa shape index (κ2) is 11.5. The Balaban J connectivity index is 0.00000361. The Bertz CT molecular complexity index is 1510. The number of hydrogen-bond acceptors (Lipinski definition) is 6. The van der Waals surface area contributed by atoms with Crippen LogP contribution in [0.5, 0.6) is 5.75 Å². The molecule has 0 fully saturated rings. The van der Waals surface area contributed by atoms with Crippen LogP contribution in [0.1, 0.15) is 26.7 Å². The van der Waals surface area contributed by atoms with Gasteiger partial charge in [0.05, 0.1) is 41.0 Å². The van der Waals surface area contributed by atoms with Gasteiger partial charge in [0.1, 0.15) is 5.75 Å².